The van der Waals surface area contributed by atoms with Crippen LogP contribution in [0.15, 0.2) is 34.0 Å². The summed E-state index contributed by atoms with van der Waals surface area (Å²) in [6.45, 7) is 1.97. The lowest BCUT2D eigenvalue weighted by Gasteiger charge is -2.18. The van der Waals surface area contributed by atoms with Gasteiger partial charge in [-0.3, -0.25) is 0 Å². The Labute approximate surface area is 133 Å². The smallest absolute Gasteiger partial charge is 0.243 e. The van der Waals surface area contributed by atoms with Crippen molar-refractivity contribution in [2.24, 2.45) is 5.73 Å². The van der Waals surface area contributed by atoms with Gasteiger partial charge in [0.2, 0.25) is 10.0 Å². The van der Waals surface area contributed by atoms with Crippen LogP contribution in [0.1, 0.15) is 16.8 Å². The fourth-order valence-corrected chi connectivity index (χ4v) is 3.89. The number of nitrogens with zero attached hydrogens (tertiary/aromatic N) is 2. The molecule has 112 valence electrons. The molecule has 0 aliphatic rings. The summed E-state index contributed by atoms with van der Waals surface area (Å²) in [6, 6.07) is 4.94. The molecule has 1 aromatic carbocycles. The predicted molar refractivity (Wildman–Crippen MR) is 87.8 cm³/mol. The lowest BCUT2D eigenvalue weighted by Crippen LogP contribution is -2.27. The van der Waals surface area contributed by atoms with E-state index in [9.17, 15) is 8.42 Å². The van der Waals surface area contributed by atoms with Crippen LogP contribution in [0.4, 0.5) is 0 Å². The van der Waals surface area contributed by atoms with Gasteiger partial charge in [-0.15, -0.1) is 11.3 Å². The Kier molecular flexibility index (Phi) is 4.72. The molecule has 2 N–H and O–H groups in total. The van der Waals surface area contributed by atoms with Crippen LogP contribution in [0.25, 0.3) is 0 Å². The highest BCUT2D eigenvalue weighted by atomic mass is 32.2. The van der Waals surface area contributed by atoms with Crippen LogP contribution < -0.4 is 5.73 Å². The molecule has 1 heterocycles. The molecule has 0 bridgehead atoms. The van der Waals surface area contributed by atoms with Crippen LogP contribution >= 0.6 is 23.6 Å². The average molecular weight is 341 g/mol. The van der Waals surface area contributed by atoms with Gasteiger partial charge in [0.25, 0.3) is 0 Å². The molecule has 1 aromatic heterocycles. The van der Waals surface area contributed by atoms with Crippen molar-refractivity contribution in [3.05, 3.63) is 45.9 Å². The van der Waals surface area contributed by atoms with Crippen LogP contribution in [0.5, 0.6) is 0 Å². The van der Waals surface area contributed by atoms with E-state index in [4.69, 9.17) is 18.0 Å². The molecule has 0 spiro atoms. The van der Waals surface area contributed by atoms with Crippen molar-refractivity contribution in [3.8, 4) is 0 Å². The minimum absolute atomic E-state index is 0.175. The number of hydrogen-bond acceptors (Lipinski definition) is 5. The monoisotopic (exact) mass is 341 g/mol. The molecule has 0 fully saturated rings. The topological polar surface area (TPSA) is 76.3 Å². The predicted octanol–water partition coefficient (Wildman–Crippen LogP) is 1.91. The summed E-state index contributed by atoms with van der Waals surface area (Å²) in [5.41, 5.74) is 9.16. The van der Waals surface area contributed by atoms with Crippen LogP contribution in [-0.4, -0.2) is 29.7 Å². The van der Waals surface area contributed by atoms with Crippen LogP contribution in [-0.2, 0) is 16.6 Å². The Balaban J connectivity index is 2.38. The summed E-state index contributed by atoms with van der Waals surface area (Å²) in [4.78, 5) is 4.49. The van der Waals surface area contributed by atoms with Crippen molar-refractivity contribution < 1.29 is 8.42 Å². The minimum Gasteiger partial charge on any atom is -0.389 e. The van der Waals surface area contributed by atoms with Crippen molar-refractivity contribution in [3.63, 3.8) is 0 Å². The second-order valence-electron chi connectivity index (χ2n) is 4.59. The van der Waals surface area contributed by atoms with Crippen LogP contribution in [0, 0.1) is 6.92 Å². The van der Waals surface area contributed by atoms with E-state index in [0.717, 1.165) is 0 Å². The number of nitrogens with two attached hydrogens (primary N) is 1. The quantitative estimate of drug-likeness (QED) is 0.841. The largest absolute Gasteiger partial charge is 0.389 e. The number of aryl methyl sites for hydroxylation is 1. The van der Waals surface area contributed by atoms with Gasteiger partial charge in [0, 0.05) is 18.0 Å². The van der Waals surface area contributed by atoms with E-state index in [2.05, 4.69) is 4.98 Å². The Morgan fingerprint density at radius 3 is 2.76 bits per heavy atom. The minimum atomic E-state index is -3.62. The molecule has 8 heteroatoms. The lowest BCUT2D eigenvalue weighted by atomic mass is 10.1. The number of thiocarbonyl (C=S) groups is 1. The number of sulfonamides is 1. The zero-order valence-electron chi connectivity index (χ0n) is 11.6. The van der Waals surface area contributed by atoms with Crippen LogP contribution in [0.2, 0.25) is 0 Å². The number of rotatable bonds is 5. The third-order valence-electron chi connectivity index (χ3n) is 3.03. The summed E-state index contributed by atoms with van der Waals surface area (Å²) in [7, 11) is -2.09. The van der Waals surface area contributed by atoms with Gasteiger partial charge < -0.3 is 5.73 Å². The first-order valence-electron chi connectivity index (χ1n) is 6.06. The molecule has 0 saturated carbocycles. The molecular weight excluding hydrogens is 326 g/mol. The summed E-state index contributed by atoms with van der Waals surface area (Å²) in [5, 5.41) is 1.82. The average Bonchev–Trinajstić information content (AvgIpc) is 2.91. The van der Waals surface area contributed by atoms with Gasteiger partial charge in [0.05, 0.1) is 22.6 Å². The third kappa shape index (κ3) is 3.46. The Bertz CT molecular complexity index is 755. The van der Waals surface area contributed by atoms with Gasteiger partial charge >= 0.3 is 0 Å². The van der Waals surface area contributed by atoms with Gasteiger partial charge in [-0.2, -0.15) is 4.31 Å². The Morgan fingerprint density at radius 1 is 1.48 bits per heavy atom. The molecule has 0 atom stereocenters. The summed E-state index contributed by atoms with van der Waals surface area (Å²) in [5.74, 6) is 0. The second-order valence-corrected chi connectivity index (χ2v) is 7.76. The fraction of sp³-hybridized carbons (Fsp3) is 0.231. The Morgan fingerprint density at radius 2 is 2.19 bits per heavy atom. The van der Waals surface area contributed by atoms with Crippen molar-refractivity contribution >= 4 is 38.6 Å². The number of hydrogen-bond donors (Lipinski definition) is 1. The molecule has 2 aromatic rings. The molecule has 0 amide bonds. The first-order chi connectivity index (χ1) is 9.82. The lowest BCUT2D eigenvalue weighted by molar-refractivity contribution is 0.462. The van der Waals surface area contributed by atoms with Gasteiger partial charge in [-0.05, 0) is 18.6 Å². The summed E-state index contributed by atoms with van der Waals surface area (Å²) < 4.78 is 26.6. The van der Waals surface area contributed by atoms with Crippen molar-refractivity contribution in [2.75, 3.05) is 7.05 Å². The normalized spacial score (nSPS) is 11.8. The number of thiazole rings is 1. The van der Waals surface area contributed by atoms with Crippen LogP contribution in [0.3, 0.4) is 0 Å². The van der Waals surface area contributed by atoms with E-state index in [1.54, 1.807) is 24.6 Å². The second kappa shape index (κ2) is 6.18. The molecule has 0 saturated heterocycles. The molecule has 21 heavy (non-hydrogen) atoms. The van der Waals surface area contributed by atoms with E-state index in [1.807, 2.05) is 5.38 Å². The molecule has 0 radical (unpaired) electrons. The highest BCUT2D eigenvalue weighted by molar-refractivity contribution is 7.89. The van der Waals surface area contributed by atoms with Gasteiger partial charge in [0.15, 0.2) is 0 Å². The molecule has 0 unspecified atom stereocenters. The molecule has 2 rings (SSSR count). The molecule has 0 aliphatic heterocycles. The summed E-state index contributed by atoms with van der Waals surface area (Å²) in [6.07, 6.45) is 0. The van der Waals surface area contributed by atoms with E-state index in [-0.39, 0.29) is 16.4 Å². The maximum Gasteiger partial charge on any atom is 0.243 e. The number of benzene rings is 1. The van der Waals surface area contributed by atoms with Crippen molar-refractivity contribution in [1.29, 1.82) is 0 Å². The van der Waals surface area contributed by atoms with Gasteiger partial charge in [-0.25, -0.2) is 13.4 Å². The maximum absolute atomic E-state index is 12.7. The first kappa shape index (κ1) is 16.0. The van der Waals surface area contributed by atoms with E-state index in [1.165, 1.54) is 28.8 Å². The third-order valence-corrected chi connectivity index (χ3v) is 5.85. The van der Waals surface area contributed by atoms with Crippen molar-refractivity contribution in [2.45, 2.75) is 18.4 Å². The molecular formula is C13H15N3O2S3. The zero-order chi connectivity index (χ0) is 15.6. The van der Waals surface area contributed by atoms with Gasteiger partial charge in [0.1, 0.15) is 4.99 Å². The number of aromatic nitrogens is 1. The Hall–Kier alpha value is -1.35. The van der Waals surface area contributed by atoms with E-state index in [0.29, 0.717) is 16.8 Å². The maximum atomic E-state index is 12.7. The standard InChI is InChI=1S/C13H15N3O2S3/c1-9-3-4-10(13(14)19)5-12(9)21(17,18)16(2)6-11-7-20-8-15-11/h3-5,7-8H,6H2,1-2H3,(H2,14,19). The van der Waals surface area contributed by atoms with Gasteiger partial charge in [-0.1, -0.05) is 24.4 Å². The highest BCUT2D eigenvalue weighted by Gasteiger charge is 2.24. The fourth-order valence-electron chi connectivity index (χ4n) is 1.83. The first-order valence-corrected chi connectivity index (χ1v) is 8.85. The van der Waals surface area contributed by atoms with E-state index < -0.39 is 10.0 Å². The van der Waals surface area contributed by atoms with E-state index >= 15 is 0 Å². The zero-order valence-corrected chi connectivity index (χ0v) is 14.1. The molecule has 5 nitrogen and oxygen atoms in total. The summed E-state index contributed by atoms with van der Waals surface area (Å²) >= 11 is 6.34. The SMILES string of the molecule is Cc1ccc(C(N)=S)cc1S(=O)(=O)N(C)Cc1cscn1. The van der Waals surface area contributed by atoms with Crippen molar-refractivity contribution in [1.82, 2.24) is 9.29 Å². The molecule has 0 aliphatic carbocycles. The highest BCUT2D eigenvalue weighted by Crippen LogP contribution is 2.22.